The van der Waals surface area contributed by atoms with E-state index >= 15 is 0 Å². The maximum absolute atomic E-state index is 12.7. The van der Waals surface area contributed by atoms with Crippen LogP contribution in [-0.4, -0.2) is 39.4 Å². The second kappa shape index (κ2) is 11.2. The fraction of sp³-hybridized carbons (Fsp3) is 0.308. The van der Waals surface area contributed by atoms with Crippen molar-refractivity contribution in [2.45, 2.75) is 32.9 Å². The lowest BCUT2D eigenvalue weighted by atomic mass is 10.0. The number of halogens is 2. The summed E-state index contributed by atoms with van der Waals surface area (Å²) in [5.41, 5.74) is 7.49. The first kappa shape index (κ1) is 27.4. The van der Waals surface area contributed by atoms with E-state index in [0.29, 0.717) is 38.9 Å². The van der Waals surface area contributed by atoms with Crippen LogP contribution in [-0.2, 0) is 18.3 Å². The van der Waals surface area contributed by atoms with Crippen molar-refractivity contribution >= 4 is 35.0 Å². The van der Waals surface area contributed by atoms with Gasteiger partial charge < -0.3 is 24.9 Å². The summed E-state index contributed by atoms with van der Waals surface area (Å²) in [5.74, 6) is 0.897. The fourth-order valence-corrected chi connectivity index (χ4v) is 3.94. The van der Waals surface area contributed by atoms with Crippen LogP contribution in [0.25, 0.3) is 11.1 Å². The molecule has 3 N–H and O–H groups in total. The van der Waals surface area contributed by atoms with Gasteiger partial charge >= 0.3 is 6.09 Å². The van der Waals surface area contributed by atoms with E-state index < -0.39 is 11.6 Å². The van der Waals surface area contributed by atoms with Gasteiger partial charge in [-0.1, -0.05) is 23.2 Å². The minimum atomic E-state index is -0.596. The minimum Gasteiger partial charge on any atom is -0.456 e. The number of hydrogen-bond acceptors (Lipinski definition) is 6. The number of carbonyl (C=O) groups is 1. The highest BCUT2D eigenvalue weighted by Gasteiger charge is 2.29. The molecule has 0 aliphatic rings. The number of carbonyl (C=O) groups excluding carboxylic acids is 1. The van der Waals surface area contributed by atoms with E-state index in [1.165, 1.54) is 15.5 Å². The zero-order valence-corrected chi connectivity index (χ0v) is 22.1. The largest absolute Gasteiger partial charge is 0.456 e. The van der Waals surface area contributed by atoms with Crippen molar-refractivity contribution < 1.29 is 19.4 Å². The van der Waals surface area contributed by atoms with Gasteiger partial charge in [0.2, 0.25) is 0 Å². The molecule has 0 unspecified atom stereocenters. The van der Waals surface area contributed by atoms with Crippen molar-refractivity contribution in [1.82, 2.24) is 9.47 Å². The summed E-state index contributed by atoms with van der Waals surface area (Å²) < 4.78 is 12.9. The standard InChI is InChI=1S/C26H29Cl2N3O5/c1-26(2,3)31(25(34)35-10-9-32)14-16-11-17(27)5-7-22(16)36-23-8-6-18(29)12-19(23)20-15-30(4)24(33)13-21(20)28/h5-8,11-13,15,32H,9-10,14,29H2,1-4H3. The summed E-state index contributed by atoms with van der Waals surface area (Å²) >= 11 is 12.7. The molecule has 1 aromatic heterocycles. The zero-order chi connectivity index (χ0) is 26.6. The normalized spacial score (nSPS) is 11.3. The summed E-state index contributed by atoms with van der Waals surface area (Å²) in [7, 11) is 1.63. The van der Waals surface area contributed by atoms with Crippen LogP contribution in [0.2, 0.25) is 10.0 Å². The molecule has 1 heterocycles. The van der Waals surface area contributed by atoms with Gasteiger partial charge in [-0.3, -0.25) is 9.69 Å². The molecule has 0 fully saturated rings. The third kappa shape index (κ3) is 6.51. The highest BCUT2D eigenvalue weighted by molar-refractivity contribution is 6.33. The van der Waals surface area contributed by atoms with Gasteiger partial charge in [0, 0.05) is 52.3 Å². The summed E-state index contributed by atoms with van der Waals surface area (Å²) in [6.07, 6.45) is 1.04. The molecule has 0 aliphatic heterocycles. The summed E-state index contributed by atoms with van der Waals surface area (Å²) in [6, 6.07) is 11.5. The highest BCUT2D eigenvalue weighted by Crippen LogP contribution is 2.39. The number of rotatable bonds is 7. The van der Waals surface area contributed by atoms with Gasteiger partial charge in [0.1, 0.15) is 18.1 Å². The van der Waals surface area contributed by atoms with Crippen LogP contribution >= 0.6 is 23.2 Å². The molecular formula is C26H29Cl2N3O5. The van der Waals surface area contributed by atoms with E-state index in [-0.39, 0.29) is 30.3 Å². The number of nitrogens with zero attached hydrogens (tertiary/aromatic N) is 2. The molecule has 3 aromatic rings. The number of aromatic nitrogens is 1. The summed E-state index contributed by atoms with van der Waals surface area (Å²) in [5, 5.41) is 9.78. The lowest BCUT2D eigenvalue weighted by molar-refractivity contribution is 0.0521. The van der Waals surface area contributed by atoms with Gasteiger partial charge in [-0.15, -0.1) is 0 Å². The van der Waals surface area contributed by atoms with Crippen LogP contribution in [0.15, 0.2) is 53.5 Å². The quantitative estimate of drug-likeness (QED) is 0.390. The molecule has 0 saturated heterocycles. The molecular weight excluding hydrogens is 505 g/mol. The van der Waals surface area contributed by atoms with Crippen LogP contribution < -0.4 is 16.0 Å². The Morgan fingerprint density at radius 1 is 1.08 bits per heavy atom. The number of nitrogen functional groups attached to an aromatic ring is 1. The Kier molecular flexibility index (Phi) is 8.55. The number of pyridine rings is 1. The van der Waals surface area contributed by atoms with Gasteiger partial charge in [-0.2, -0.15) is 0 Å². The molecule has 0 saturated carbocycles. The number of aliphatic hydroxyl groups excluding tert-OH is 1. The Balaban J connectivity index is 2.05. The summed E-state index contributed by atoms with van der Waals surface area (Å²) in [4.78, 5) is 26.3. The molecule has 3 rings (SSSR count). The first-order chi connectivity index (χ1) is 16.9. The van der Waals surface area contributed by atoms with E-state index in [1.54, 1.807) is 49.6 Å². The van der Waals surface area contributed by atoms with Crippen molar-refractivity contribution in [3.05, 3.63) is 74.6 Å². The van der Waals surface area contributed by atoms with Gasteiger partial charge in [0.05, 0.1) is 18.2 Å². The number of ether oxygens (including phenoxy) is 2. The number of aliphatic hydroxyl groups is 1. The third-order valence-electron chi connectivity index (χ3n) is 5.39. The second-order valence-corrected chi connectivity index (χ2v) is 10.0. The average molecular weight is 534 g/mol. The molecule has 1 amide bonds. The van der Waals surface area contributed by atoms with E-state index in [0.717, 1.165) is 0 Å². The fourth-order valence-electron chi connectivity index (χ4n) is 3.50. The third-order valence-corrected chi connectivity index (χ3v) is 5.94. The van der Waals surface area contributed by atoms with E-state index in [1.807, 2.05) is 20.8 Å². The van der Waals surface area contributed by atoms with E-state index in [2.05, 4.69) is 0 Å². The number of aryl methyl sites for hydroxylation is 1. The highest BCUT2D eigenvalue weighted by atomic mass is 35.5. The van der Waals surface area contributed by atoms with Crippen molar-refractivity contribution in [3.63, 3.8) is 0 Å². The number of benzene rings is 2. The molecule has 10 heteroatoms. The van der Waals surface area contributed by atoms with Crippen LogP contribution in [0.1, 0.15) is 26.3 Å². The Morgan fingerprint density at radius 2 is 1.78 bits per heavy atom. The first-order valence-electron chi connectivity index (χ1n) is 11.2. The van der Waals surface area contributed by atoms with Crippen molar-refractivity contribution in [1.29, 1.82) is 0 Å². The predicted molar refractivity (Wildman–Crippen MR) is 142 cm³/mol. The molecule has 0 spiro atoms. The zero-order valence-electron chi connectivity index (χ0n) is 20.5. The molecule has 36 heavy (non-hydrogen) atoms. The number of anilines is 1. The van der Waals surface area contributed by atoms with Gasteiger partial charge in [-0.25, -0.2) is 4.79 Å². The van der Waals surface area contributed by atoms with Crippen LogP contribution in [0, 0.1) is 0 Å². The van der Waals surface area contributed by atoms with Crippen LogP contribution in [0.4, 0.5) is 10.5 Å². The Labute approximate surface area is 219 Å². The second-order valence-electron chi connectivity index (χ2n) is 9.19. The average Bonchev–Trinajstić information content (AvgIpc) is 2.80. The summed E-state index contributed by atoms with van der Waals surface area (Å²) in [6.45, 7) is 5.37. The number of amides is 1. The van der Waals surface area contributed by atoms with Gasteiger partial charge in [-0.05, 0) is 57.2 Å². The molecule has 192 valence electrons. The molecule has 2 aromatic carbocycles. The Hall–Kier alpha value is -3.20. The minimum absolute atomic E-state index is 0.112. The van der Waals surface area contributed by atoms with Crippen molar-refractivity contribution in [2.24, 2.45) is 7.05 Å². The molecule has 0 aliphatic carbocycles. The van der Waals surface area contributed by atoms with E-state index in [4.69, 9.17) is 43.5 Å². The van der Waals surface area contributed by atoms with Crippen molar-refractivity contribution in [3.8, 4) is 22.6 Å². The molecule has 0 radical (unpaired) electrons. The van der Waals surface area contributed by atoms with Gasteiger partial charge in [0.25, 0.3) is 5.56 Å². The lowest BCUT2D eigenvalue weighted by Gasteiger charge is -2.35. The maximum atomic E-state index is 12.7. The number of nitrogens with two attached hydrogens (primary N) is 1. The number of hydrogen-bond donors (Lipinski definition) is 2. The SMILES string of the molecule is Cn1cc(-c2cc(N)ccc2Oc2ccc(Cl)cc2CN(C(=O)OCCO)C(C)(C)C)c(Cl)cc1=O. The predicted octanol–water partition coefficient (Wildman–Crippen LogP) is 5.46. The van der Waals surface area contributed by atoms with Crippen LogP contribution in [0.3, 0.4) is 0 Å². The van der Waals surface area contributed by atoms with Crippen molar-refractivity contribution in [2.75, 3.05) is 18.9 Å². The maximum Gasteiger partial charge on any atom is 0.410 e. The molecule has 0 atom stereocenters. The van der Waals surface area contributed by atoms with Gasteiger partial charge in [0.15, 0.2) is 0 Å². The molecule has 8 nitrogen and oxygen atoms in total. The van der Waals surface area contributed by atoms with Crippen LogP contribution in [0.5, 0.6) is 11.5 Å². The lowest BCUT2D eigenvalue weighted by Crippen LogP contribution is -2.45. The Bertz CT molecular complexity index is 1320. The monoisotopic (exact) mass is 533 g/mol. The van der Waals surface area contributed by atoms with E-state index in [9.17, 15) is 9.59 Å². The topological polar surface area (TPSA) is 107 Å². The first-order valence-corrected chi connectivity index (χ1v) is 11.9. The smallest absolute Gasteiger partial charge is 0.410 e. The molecule has 0 bridgehead atoms. The Morgan fingerprint density at radius 3 is 2.44 bits per heavy atom.